The summed E-state index contributed by atoms with van der Waals surface area (Å²) in [6, 6.07) is 20.3. The first-order chi connectivity index (χ1) is 12.8. The van der Waals surface area contributed by atoms with Crippen LogP contribution in [-0.4, -0.2) is 18.7 Å². The van der Waals surface area contributed by atoms with Crippen molar-refractivity contribution >= 4 is 27.9 Å². The Balaban J connectivity index is 1.41. The molecule has 0 saturated heterocycles. The number of rotatable bonds is 2. The molecule has 3 aromatic carbocycles. The molecule has 1 aromatic heterocycles. The monoisotopic (exact) mass is 346 g/mol. The van der Waals surface area contributed by atoms with Gasteiger partial charge in [-0.1, -0.05) is 30.3 Å². The Labute approximate surface area is 148 Å². The lowest BCUT2D eigenvalue weighted by Crippen LogP contribution is -2.39. The first-order valence-corrected chi connectivity index (χ1v) is 8.29. The smallest absolute Gasteiger partial charge is 0.356 e. The third-order valence-electron chi connectivity index (χ3n) is 4.34. The summed E-state index contributed by atoms with van der Waals surface area (Å²) in [7, 11) is 0. The molecule has 0 fully saturated rings. The molecule has 1 atom stereocenters. The maximum absolute atomic E-state index is 12.5. The number of ether oxygens (including phenoxy) is 3. The minimum atomic E-state index is -0.804. The SMILES string of the molecule is O=C(Oc1ccc2oc3ccccc3c2c1)[C@H]1COc2ccccc2O1. The second kappa shape index (κ2) is 5.81. The number of para-hydroxylation sites is 3. The highest BCUT2D eigenvalue weighted by molar-refractivity contribution is 6.05. The largest absolute Gasteiger partial charge is 0.485 e. The predicted molar refractivity (Wildman–Crippen MR) is 95.7 cm³/mol. The minimum absolute atomic E-state index is 0.118. The molecule has 0 amide bonds. The fourth-order valence-corrected chi connectivity index (χ4v) is 3.09. The summed E-state index contributed by atoms with van der Waals surface area (Å²) in [6.07, 6.45) is -0.804. The Morgan fingerprint density at radius 3 is 2.58 bits per heavy atom. The molecule has 0 aliphatic carbocycles. The van der Waals surface area contributed by atoms with E-state index in [1.54, 1.807) is 30.3 Å². The molecule has 0 saturated carbocycles. The van der Waals surface area contributed by atoms with Crippen molar-refractivity contribution in [2.75, 3.05) is 6.61 Å². The number of esters is 1. The number of carbonyl (C=O) groups excluding carboxylic acids is 1. The third kappa shape index (κ3) is 2.45. The van der Waals surface area contributed by atoms with Crippen LogP contribution in [0.25, 0.3) is 21.9 Å². The molecule has 0 N–H and O–H groups in total. The molecule has 4 aromatic rings. The molecule has 0 unspecified atom stereocenters. The van der Waals surface area contributed by atoms with Crippen LogP contribution in [0.4, 0.5) is 0 Å². The van der Waals surface area contributed by atoms with E-state index in [-0.39, 0.29) is 6.61 Å². The Hall–Kier alpha value is -3.47. The Bertz CT molecular complexity index is 1130. The zero-order valence-corrected chi connectivity index (χ0v) is 13.7. The summed E-state index contributed by atoms with van der Waals surface area (Å²) in [6.45, 7) is 0.118. The number of hydrogen-bond donors (Lipinski definition) is 0. The number of furan rings is 1. The highest BCUT2D eigenvalue weighted by Gasteiger charge is 2.29. The highest BCUT2D eigenvalue weighted by atomic mass is 16.6. The van der Waals surface area contributed by atoms with Crippen molar-refractivity contribution in [3.8, 4) is 17.2 Å². The van der Waals surface area contributed by atoms with Crippen molar-refractivity contribution in [3.05, 3.63) is 66.7 Å². The van der Waals surface area contributed by atoms with Crippen molar-refractivity contribution < 1.29 is 23.4 Å². The van der Waals surface area contributed by atoms with Crippen molar-refractivity contribution in [2.24, 2.45) is 0 Å². The van der Waals surface area contributed by atoms with Crippen molar-refractivity contribution in [1.29, 1.82) is 0 Å². The van der Waals surface area contributed by atoms with Gasteiger partial charge in [0.15, 0.2) is 11.5 Å². The van der Waals surface area contributed by atoms with Gasteiger partial charge >= 0.3 is 5.97 Å². The number of carbonyl (C=O) groups is 1. The Kier molecular flexibility index (Phi) is 3.31. The highest BCUT2D eigenvalue weighted by Crippen LogP contribution is 2.33. The summed E-state index contributed by atoms with van der Waals surface area (Å²) in [4.78, 5) is 12.5. The third-order valence-corrected chi connectivity index (χ3v) is 4.34. The molecule has 26 heavy (non-hydrogen) atoms. The normalized spacial score (nSPS) is 15.9. The van der Waals surface area contributed by atoms with E-state index in [9.17, 15) is 4.79 Å². The van der Waals surface area contributed by atoms with E-state index in [2.05, 4.69) is 0 Å². The molecular weight excluding hydrogens is 332 g/mol. The summed E-state index contributed by atoms with van der Waals surface area (Å²) < 4.78 is 22.6. The number of benzene rings is 3. The van der Waals surface area contributed by atoms with Crippen LogP contribution < -0.4 is 14.2 Å². The molecule has 0 spiro atoms. The van der Waals surface area contributed by atoms with E-state index in [4.69, 9.17) is 18.6 Å². The van der Waals surface area contributed by atoms with Crippen LogP contribution in [0.3, 0.4) is 0 Å². The van der Waals surface area contributed by atoms with Gasteiger partial charge in [-0.3, -0.25) is 0 Å². The molecule has 0 radical (unpaired) electrons. The van der Waals surface area contributed by atoms with Gasteiger partial charge < -0.3 is 18.6 Å². The molecule has 5 heteroatoms. The molecule has 2 heterocycles. The van der Waals surface area contributed by atoms with E-state index in [1.165, 1.54) is 0 Å². The second-order valence-corrected chi connectivity index (χ2v) is 6.04. The Morgan fingerprint density at radius 1 is 0.885 bits per heavy atom. The van der Waals surface area contributed by atoms with Gasteiger partial charge in [-0.15, -0.1) is 0 Å². The topological polar surface area (TPSA) is 57.9 Å². The lowest BCUT2D eigenvalue weighted by atomic mass is 10.1. The van der Waals surface area contributed by atoms with E-state index < -0.39 is 12.1 Å². The average molecular weight is 346 g/mol. The summed E-state index contributed by atoms with van der Waals surface area (Å²) in [5, 5.41) is 1.88. The van der Waals surface area contributed by atoms with Gasteiger partial charge in [-0.2, -0.15) is 0 Å². The lowest BCUT2D eigenvalue weighted by Gasteiger charge is -2.24. The maximum Gasteiger partial charge on any atom is 0.356 e. The van der Waals surface area contributed by atoms with Crippen molar-refractivity contribution in [2.45, 2.75) is 6.10 Å². The Morgan fingerprint density at radius 2 is 1.65 bits per heavy atom. The van der Waals surface area contributed by atoms with Crippen LogP contribution in [0.2, 0.25) is 0 Å². The molecule has 0 bridgehead atoms. The zero-order valence-electron chi connectivity index (χ0n) is 13.7. The summed E-state index contributed by atoms with van der Waals surface area (Å²) in [5.74, 6) is 1.11. The quantitative estimate of drug-likeness (QED) is 0.399. The molecule has 128 valence electrons. The average Bonchev–Trinajstić information content (AvgIpc) is 3.05. The second-order valence-electron chi connectivity index (χ2n) is 6.04. The molecule has 5 rings (SSSR count). The first-order valence-electron chi connectivity index (χ1n) is 8.29. The van der Waals surface area contributed by atoms with Crippen molar-refractivity contribution in [3.63, 3.8) is 0 Å². The van der Waals surface area contributed by atoms with E-state index in [0.717, 1.165) is 21.9 Å². The molecule has 1 aliphatic heterocycles. The van der Waals surface area contributed by atoms with Gasteiger partial charge in [0.2, 0.25) is 6.10 Å². The molecular formula is C21H14O5. The van der Waals surface area contributed by atoms with Crippen LogP contribution >= 0.6 is 0 Å². The summed E-state index contributed by atoms with van der Waals surface area (Å²) >= 11 is 0. The van der Waals surface area contributed by atoms with Gasteiger partial charge in [0.25, 0.3) is 0 Å². The van der Waals surface area contributed by atoms with Crippen LogP contribution in [0.15, 0.2) is 71.1 Å². The van der Waals surface area contributed by atoms with Gasteiger partial charge in [0.1, 0.15) is 23.5 Å². The maximum atomic E-state index is 12.5. The van der Waals surface area contributed by atoms with E-state index in [0.29, 0.717) is 17.2 Å². The lowest BCUT2D eigenvalue weighted by molar-refractivity contribution is -0.144. The van der Waals surface area contributed by atoms with Gasteiger partial charge in [0.05, 0.1) is 0 Å². The van der Waals surface area contributed by atoms with Crippen LogP contribution in [0, 0.1) is 0 Å². The number of hydrogen-bond acceptors (Lipinski definition) is 5. The standard InChI is InChI=1S/C21H14O5/c22-21(20-12-23-18-7-3-4-8-19(18)26-20)24-13-9-10-17-15(11-13)14-5-1-2-6-16(14)25-17/h1-11,20H,12H2/t20-/m1/s1. The number of fused-ring (bicyclic) bond motifs is 4. The fourth-order valence-electron chi connectivity index (χ4n) is 3.09. The summed E-state index contributed by atoms with van der Waals surface area (Å²) in [5.41, 5.74) is 1.55. The van der Waals surface area contributed by atoms with Crippen LogP contribution in [0.5, 0.6) is 17.2 Å². The minimum Gasteiger partial charge on any atom is -0.485 e. The first kappa shape index (κ1) is 14.8. The van der Waals surface area contributed by atoms with Crippen LogP contribution in [0.1, 0.15) is 0 Å². The van der Waals surface area contributed by atoms with Gasteiger partial charge in [-0.25, -0.2) is 4.79 Å². The molecule has 1 aliphatic rings. The van der Waals surface area contributed by atoms with Gasteiger partial charge in [0, 0.05) is 10.8 Å². The van der Waals surface area contributed by atoms with Crippen LogP contribution in [-0.2, 0) is 4.79 Å². The van der Waals surface area contributed by atoms with Gasteiger partial charge in [-0.05, 0) is 36.4 Å². The van der Waals surface area contributed by atoms with E-state index in [1.807, 2.05) is 36.4 Å². The molecule has 5 nitrogen and oxygen atoms in total. The van der Waals surface area contributed by atoms with E-state index >= 15 is 0 Å². The predicted octanol–water partition coefficient (Wildman–Crippen LogP) is 4.33. The fraction of sp³-hybridized carbons (Fsp3) is 0.0952. The zero-order chi connectivity index (χ0) is 17.5. The van der Waals surface area contributed by atoms with Crippen molar-refractivity contribution in [1.82, 2.24) is 0 Å².